The van der Waals surface area contributed by atoms with E-state index in [1.54, 1.807) is 6.07 Å². The normalized spacial score (nSPS) is 20.1. The summed E-state index contributed by atoms with van der Waals surface area (Å²) in [5.41, 5.74) is 6.47. The Morgan fingerprint density at radius 3 is 2.90 bits per heavy atom. The molecule has 1 aromatic heterocycles. The Kier molecular flexibility index (Phi) is 3.59. The summed E-state index contributed by atoms with van der Waals surface area (Å²) in [4.78, 5) is 17.3. The van der Waals surface area contributed by atoms with Gasteiger partial charge in [-0.25, -0.2) is 4.39 Å². The van der Waals surface area contributed by atoms with E-state index in [1.807, 2.05) is 11.8 Å². The zero-order chi connectivity index (χ0) is 15.1. The number of anilines is 1. The molecule has 0 bridgehead atoms. The number of thiophene rings is 1. The third-order valence-electron chi connectivity index (χ3n) is 3.97. The molecule has 1 saturated heterocycles. The van der Waals surface area contributed by atoms with Gasteiger partial charge in [0.05, 0.1) is 5.69 Å². The largest absolute Gasteiger partial charge is 0.397 e. The van der Waals surface area contributed by atoms with Gasteiger partial charge in [-0.3, -0.25) is 4.79 Å². The van der Waals surface area contributed by atoms with Gasteiger partial charge in [-0.05, 0) is 32.2 Å². The molecule has 0 aliphatic carbocycles. The Balaban J connectivity index is 1.96. The van der Waals surface area contributed by atoms with Gasteiger partial charge in [0.1, 0.15) is 10.7 Å². The van der Waals surface area contributed by atoms with Crippen LogP contribution in [-0.2, 0) is 0 Å². The van der Waals surface area contributed by atoms with E-state index < -0.39 is 0 Å². The van der Waals surface area contributed by atoms with Crippen molar-refractivity contribution in [3.05, 3.63) is 28.9 Å². The number of rotatable bonds is 1. The first-order chi connectivity index (χ1) is 9.97. The van der Waals surface area contributed by atoms with Crippen LogP contribution in [0, 0.1) is 5.82 Å². The summed E-state index contributed by atoms with van der Waals surface area (Å²) in [6, 6.07) is 4.62. The van der Waals surface area contributed by atoms with Gasteiger partial charge < -0.3 is 15.5 Å². The second-order valence-electron chi connectivity index (χ2n) is 5.60. The first kappa shape index (κ1) is 14.3. The molecule has 21 heavy (non-hydrogen) atoms. The number of fused-ring (bicyclic) bond motifs is 1. The number of hydrogen-bond donors (Lipinski definition) is 1. The topological polar surface area (TPSA) is 49.6 Å². The molecule has 6 heteroatoms. The van der Waals surface area contributed by atoms with Crippen molar-refractivity contribution < 1.29 is 9.18 Å². The predicted octanol–water partition coefficient (Wildman–Crippen LogP) is 2.40. The number of carbonyl (C=O) groups is 1. The molecule has 2 heterocycles. The average molecular weight is 307 g/mol. The zero-order valence-corrected chi connectivity index (χ0v) is 12.9. The molecular weight excluding hydrogens is 289 g/mol. The van der Waals surface area contributed by atoms with E-state index in [1.165, 1.54) is 23.5 Å². The number of benzene rings is 1. The Morgan fingerprint density at radius 1 is 1.43 bits per heavy atom. The maximum absolute atomic E-state index is 13.3. The van der Waals surface area contributed by atoms with Crippen LogP contribution >= 0.6 is 11.3 Å². The van der Waals surface area contributed by atoms with Crippen LogP contribution in [0.1, 0.15) is 16.6 Å². The van der Waals surface area contributed by atoms with Gasteiger partial charge in [-0.15, -0.1) is 11.3 Å². The highest BCUT2D eigenvalue weighted by atomic mass is 32.1. The first-order valence-electron chi connectivity index (χ1n) is 6.94. The van der Waals surface area contributed by atoms with Crippen molar-refractivity contribution in [2.75, 3.05) is 32.4 Å². The van der Waals surface area contributed by atoms with E-state index in [9.17, 15) is 9.18 Å². The highest BCUT2D eigenvalue weighted by molar-refractivity contribution is 7.21. The molecule has 1 unspecified atom stereocenters. The maximum atomic E-state index is 13.3. The number of nitrogens with two attached hydrogens (primary N) is 1. The number of halogens is 1. The van der Waals surface area contributed by atoms with E-state index in [4.69, 9.17) is 5.73 Å². The van der Waals surface area contributed by atoms with E-state index >= 15 is 0 Å². The Labute approximate surface area is 126 Å². The minimum Gasteiger partial charge on any atom is -0.397 e. The Morgan fingerprint density at radius 2 is 2.19 bits per heavy atom. The fraction of sp³-hybridized carbons (Fsp3) is 0.400. The van der Waals surface area contributed by atoms with Crippen LogP contribution in [0.4, 0.5) is 10.1 Å². The third kappa shape index (κ3) is 2.49. The molecule has 0 saturated carbocycles. The van der Waals surface area contributed by atoms with Crippen LogP contribution < -0.4 is 5.73 Å². The van der Waals surface area contributed by atoms with Gasteiger partial charge in [0, 0.05) is 35.8 Å². The maximum Gasteiger partial charge on any atom is 0.266 e. The van der Waals surface area contributed by atoms with Crippen LogP contribution in [0.25, 0.3) is 10.1 Å². The van der Waals surface area contributed by atoms with E-state index in [2.05, 4.69) is 11.9 Å². The van der Waals surface area contributed by atoms with Crippen LogP contribution in [0.2, 0.25) is 0 Å². The number of carbonyl (C=O) groups excluding carboxylic acids is 1. The van der Waals surface area contributed by atoms with Crippen molar-refractivity contribution >= 4 is 33.0 Å². The van der Waals surface area contributed by atoms with Gasteiger partial charge in [0.15, 0.2) is 0 Å². The summed E-state index contributed by atoms with van der Waals surface area (Å²) >= 11 is 1.34. The summed E-state index contributed by atoms with van der Waals surface area (Å²) in [7, 11) is 2.05. The predicted molar refractivity (Wildman–Crippen MR) is 84.2 cm³/mol. The van der Waals surface area contributed by atoms with Crippen molar-refractivity contribution in [2.45, 2.75) is 13.0 Å². The molecule has 1 aliphatic rings. The molecule has 2 N–H and O–H groups in total. The lowest BCUT2D eigenvalue weighted by molar-refractivity contribution is 0.0539. The molecule has 1 amide bonds. The SMILES string of the molecule is CC1CN(C)CCN1C(=O)c1sc2ccc(F)cc2c1N. The van der Waals surface area contributed by atoms with Crippen LogP contribution in [0.15, 0.2) is 18.2 Å². The second-order valence-corrected chi connectivity index (χ2v) is 6.65. The molecule has 1 atom stereocenters. The molecular formula is C15H18FN3OS. The zero-order valence-electron chi connectivity index (χ0n) is 12.1. The number of amides is 1. The van der Waals surface area contributed by atoms with E-state index in [-0.39, 0.29) is 17.8 Å². The molecule has 4 nitrogen and oxygen atoms in total. The summed E-state index contributed by atoms with van der Waals surface area (Å²) < 4.78 is 14.2. The van der Waals surface area contributed by atoms with Crippen molar-refractivity contribution in [3.63, 3.8) is 0 Å². The lowest BCUT2D eigenvalue weighted by atomic mass is 10.1. The van der Waals surface area contributed by atoms with Crippen molar-refractivity contribution in [1.29, 1.82) is 0 Å². The molecule has 3 rings (SSSR count). The number of likely N-dealkylation sites (N-methyl/N-ethyl adjacent to an activating group) is 1. The van der Waals surface area contributed by atoms with Crippen molar-refractivity contribution in [3.8, 4) is 0 Å². The second kappa shape index (κ2) is 5.27. The molecule has 1 aromatic carbocycles. The lowest BCUT2D eigenvalue weighted by Gasteiger charge is -2.38. The monoisotopic (exact) mass is 307 g/mol. The number of hydrogen-bond acceptors (Lipinski definition) is 4. The summed E-state index contributed by atoms with van der Waals surface area (Å²) in [5, 5.41) is 0.630. The summed E-state index contributed by atoms with van der Waals surface area (Å²) in [5.74, 6) is -0.381. The molecule has 1 aliphatic heterocycles. The fourth-order valence-electron chi connectivity index (χ4n) is 2.82. The highest BCUT2D eigenvalue weighted by Gasteiger charge is 2.29. The fourth-order valence-corrected chi connectivity index (χ4v) is 3.88. The molecule has 2 aromatic rings. The van der Waals surface area contributed by atoms with Crippen LogP contribution in [-0.4, -0.2) is 48.4 Å². The minimum atomic E-state index is -0.334. The van der Waals surface area contributed by atoms with Gasteiger partial charge in [-0.2, -0.15) is 0 Å². The first-order valence-corrected chi connectivity index (χ1v) is 7.76. The Bertz CT molecular complexity index is 700. The summed E-state index contributed by atoms with van der Waals surface area (Å²) in [6.07, 6.45) is 0. The van der Waals surface area contributed by atoms with Gasteiger partial charge in [-0.1, -0.05) is 0 Å². The third-order valence-corrected chi connectivity index (χ3v) is 5.15. The van der Waals surface area contributed by atoms with E-state index in [0.29, 0.717) is 22.5 Å². The number of piperazine rings is 1. The highest BCUT2D eigenvalue weighted by Crippen LogP contribution is 2.35. The van der Waals surface area contributed by atoms with Gasteiger partial charge in [0.2, 0.25) is 0 Å². The number of nitrogen functional groups attached to an aromatic ring is 1. The molecule has 112 valence electrons. The van der Waals surface area contributed by atoms with E-state index in [0.717, 1.165) is 17.8 Å². The van der Waals surface area contributed by atoms with Gasteiger partial charge in [0.25, 0.3) is 5.91 Å². The quantitative estimate of drug-likeness (QED) is 0.880. The standard InChI is InChI=1S/C15H18FN3OS/c1-9-8-18(2)5-6-19(9)15(20)14-13(17)11-7-10(16)3-4-12(11)21-14/h3-4,7,9H,5-6,8,17H2,1-2H3. The smallest absolute Gasteiger partial charge is 0.266 e. The van der Waals surface area contributed by atoms with Crippen molar-refractivity contribution in [2.24, 2.45) is 0 Å². The Hall–Kier alpha value is -1.66. The summed E-state index contributed by atoms with van der Waals surface area (Å²) in [6.45, 7) is 4.44. The molecule has 0 radical (unpaired) electrons. The van der Waals surface area contributed by atoms with Gasteiger partial charge >= 0.3 is 0 Å². The van der Waals surface area contributed by atoms with Crippen LogP contribution in [0.3, 0.4) is 0 Å². The average Bonchev–Trinajstić information content (AvgIpc) is 2.75. The minimum absolute atomic E-state index is 0.0466. The number of nitrogens with zero attached hydrogens (tertiary/aromatic N) is 2. The lowest BCUT2D eigenvalue weighted by Crippen LogP contribution is -2.52. The van der Waals surface area contributed by atoms with Crippen molar-refractivity contribution in [1.82, 2.24) is 9.80 Å². The molecule has 1 fully saturated rings. The molecule has 0 spiro atoms. The van der Waals surface area contributed by atoms with Crippen LogP contribution in [0.5, 0.6) is 0 Å².